The van der Waals surface area contributed by atoms with Crippen LogP contribution in [0, 0.1) is 38.5 Å². The van der Waals surface area contributed by atoms with Gasteiger partial charge in [0.25, 0.3) is 5.91 Å². The molecule has 0 spiro atoms. The third kappa shape index (κ3) is 12.5. The van der Waals surface area contributed by atoms with Gasteiger partial charge in [-0.1, -0.05) is 72.6 Å². The Balaban J connectivity index is 1.90. The van der Waals surface area contributed by atoms with Gasteiger partial charge in [-0.15, -0.1) is 0 Å². The monoisotopic (exact) mass is 727 g/mol. The fraction of sp³-hybridized carbons (Fsp3) is 0.750. The molecule has 250 valence electrons. The SMILES string of the molecule is Cc1c(C)c2c(c(C)c1OCC(=O)N[C@@H](CCC(=O)I)C(=O)O)CC[C@@](C)(CCC[C@H](C)CCC[C@H](C)CCCC(C)C)O2. The minimum Gasteiger partial charge on any atom is -0.487 e. The Morgan fingerprint density at radius 1 is 0.909 bits per heavy atom. The number of hydrogen-bond donors (Lipinski definition) is 2. The zero-order chi connectivity index (χ0) is 33.0. The van der Waals surface area contributed by atoms with Crippen molar-refractivity contribution >= 4 is 38.3 Å². The van der Waals surface area contributed by atoms with E-state index < -0.39 is 17.9 Å². The van der Waals surface area contributed by atoms with Gasteiger partial charge in [0, 0.05) is 12.0 Å². The molecule has 0 aliphatic carbocycles. The largest absolute Gasteiger partial charge is 0.487 e. The lowest BCUT2D eigenvalue weighted by molar-refractivity contribution is -0.142. The molecule has 0 saturated carbocycles. The maximum Gasteiger partial charge on any atom is 0.326 e. The summed E-state index contributed by atoms with van der Waals surface area (Å²) in [6.07, 6.45) is 13.4. The number of ether oxygens (including phenoxy) is 2. The van der Waals surface area contributed by atoms with Crippen LogP contribution in [0.25, 0.3) is 0 Å². The highest BCUT2D eigenvalue weighted by molar-refractivity contribution is 14.1. The van der Waals surface area contributed by atoms with Crippen molar-refractivity contribution in [2.24, 2.45) is 17.8 Å². The molecule has 2 rings (SSSR count). The van der Waals surface area contributed by atoms with E-state index in [0.29, 0.717) is 5.75 Å². The highest BCUT2D eigenvalue weighted by Gasteiger charge is 2.34. The van der Waals surface area contributed by atoms with Crippen molar-refractivity contribution in [2.75, 3.05) is 6.61 Å². The van der Waals surface area contributed by atoms with Gasteiger partial charge < -0.3 is 19.9 Å². The number of aliphatic carboxylic acids is 1. The number of fused-ring (bicyclic) bond motifs is 1. The topological polar surface area (TPSA) is 102 Å². The molecule has 1 heterocycles. The maximum atomic E-state index is 12.5. The lowest BCUT2D eigenvalue weighted by atomic mass is 9.83. The molecule has 1 aliphatic rings. The van der Waals surface area contributed by atoms with Crippen molar-refractivity contribution in [1.82, 2.24) is 5.32 Å². The van der Waals surface area contributed by atoms with Gasteiger partial charge >= 0.3 is 5.97 Å². The van der Waals surface area contributed by atoms with Crippen LogP contribution in [-0.4, -0.2) is 39.0 Å². The van der Waals surface area contributed by atoms with Crippen molar-refractivity contribution in [2.45, 2.75) is 151 Å². The Labute approximate surface area is 280 Å². The zero-order valence-electron chi connectivity index (χ0n) is 28.6. The average Bonchev–Trinajstić information content (AvgIpc) is 2.93. The lowest BCUT2D eigenvalue weighted by Gasteiger charge is -2.38. The summed E-state index contributed by atoms with van der Waals surface area (Å²) in [5.74, 6) is 2.29. The Morgan fingerprint density at radius 2 is 1.50 bits per heavy atom. The highest BCUT2D eigenvalue weighted by Crippen LogP contribution is 2.45. The van der Waals surface area contributed by atoms with Crippen LogP contribution in [0.1, 0.15) is 134 Å². The van der Waals surface area contributed by atoms with Gasteiger partial charge in [0.1, 0.15) is 23.1 Å². The normalized spacial score (nSPS) is 18.2. The number of amides is 1. The van der Waals surface area contributed by atoms with Crippen LogP contribution >= 0.6 is 22.6 Å². The van der Waals surface area contributed by atoms with Crippen LogP contribution in [0.4, 0.5) is 0 Å². The molecule has 7 nitrogen and oxygen atoms in total. The molecular formula is C36H58INO6. The predicted octanol–water partition coefficient (Wildman–Crippen LogP) is 8.82. The van der Waals surface area contributed by atoms with Crippen LogP contribution in [0.15, 0.2) is 0 Å². The average molecular weight is 728 g/mol. The summed E-state index contributed by atoms with van der Waals surface area (Å²) >= 11 is 1.63. The molecule has 0 fully saturated rings. The van der Waals surface area contributed by atoms with E-state index in [4.69, 9.17) is 9.47 Å². The van der Waals surface area contributed by atoms with Gasteiger partial charge in [-0.2, -0.15) is 0 Å². The first-order valence-corrected chi connectivity index (χ1v) is 17.9. The first kappa shape index (κ1) is 38.3. The van der Waals surface area contributed by atoms with Crippen LogP contribution in [0.5, 0.6) is 11.5 Å². The summed E-state index contributed by atoms with van der Waals surface area (Å²) in [5, 5.41) is 11.9. The molecule has 1 aromatic rings. The van der Waals surface area contributed by atoms with Crippen LogP contribution < -0.4 is 14.8 Å². The molecule has 0 radical (unpaired) electrons. The molecule has 44 heavy (non-hydrogen) atoms. The molecule has 0 unspecified atom stereocenters. The molecule has 0 bridgehead atoms. The Kier molecular flexibility index (Phi) is 16.0. The summed E-state index contributed by atoms with van der Waals surface area (Å²) < 4.78 is 12.6. The number of benzene rings is 1. The van der Waals surface area contributed by atoms with Crippen LogP contribution in [-0.2, 0) is 20.8 Å². The molecule has 4 atom stereocenters. The van der Waals surface area contributed by atoms with Gasteiger partial charge in [0.05, 0.1) is 0 Å². The highest BCUT2D eigenvalue weighted by atomic mass is 127. The maximum absolute atomic E-state index is 12.5. The number of carbonyl (C=O) groups is 3. The van der Waals surface area contributed by atoms with E-state index in [9.17, 15) is 19.5 Å². The Hall–Kier alpha value is -1.84. The molecular weight excluding hydrogens is 669 g/mol. The van der Waals surface area contributed by atoms with E-state index in [1.807, 2.05) is 20.8 Å². The van der Waals surface area contributed by atoms with E-state index in [-0.39, 0.29) is 28.8 Å². The molecule has 1 amide bonds. The van der Waals surface area contributed by atoms with E-state index >= 15 is 0 Å². The molecule has 1 aromatic carbocycles. The van der Waals surface area contributed by atoms with Crippen molar-refractivity contribution in [3.8, 4) is 11.5 Å². The van der Waals surface area contributed by atoms with Gasteiger partial charge in [0.2, 0.25) is 0 Å². The van der Waals surface area contributed by atoms with Crippen molar-refractivity contribution < 1.29 is 29.0 Å². The second kappa shape index (κ2) is 18.3. The quantitative estimate of drug-likeness (QED) is 0.103. The van der Waals surface area contributed by atoms with Gasteiger partial charge in [-0.3, -0.25) is 9.59 Å². The lowest BCUT2D eigenvalue weighted by Crippen LogP contribution is -2.43. The third-order valence-corrected chi connectivity index (χ3v) is 9.99. The minimum absolute atomic E-state index is 0.0475. The minimum atomic E-state index is -1.17. The third-order valence-electron chi connectivity index (χ3n) is 9.45. The number of carboxylic acids is 1. The van der Waals surface area contributed by atoms with E-state index in [1.165, 1.54) is 44.9 Å². The first-order valence-electron chi connectivity index (χ1n) is 16.8. The number of nitrogens with one attached hydrogen (secondary N) is 1. The fourth-order valence-electron chi connectivity index (χ4n) is 6.37. The molecule has 0 saturated heterocycles. The van der Waals surface area contributed by atoms with Gasteiger partial charge in [-0.25, -0.2) is 4.79 Å². The number of carbonyl (C=O) groups excluding carboxylic acids is 2. The summed E-state index contributed by atoms with van der Waals surface area (Å²) in [4.78, 5) is 35.3. The molecule has 0 aromatic heterocycles. The summed E-state index contributed by atoms with van der Waals surface area (Å²) in [6.45, 7) is 17.4. The molecule has 2 N–H and O–H groups in total. The number of rotatable bonds is 20. The fourth-order valence-corrected chi connectivity index (χ4v) is 6.68. The predicted molar refractivity (Wildman–Crippen MR) is 186 cm³/mol. The summed E-state index contributed by atoms with van der Waals surface area (Å²) in [5.41, 5.74) is 3.84. The smallest absolute Gasteiger partial charge is 0.326 e. The van der Waals surface area contributed by atoms with Gasteiger partial charge in [0.15, 0.2) is 10.4 Å². The van der Waals surface area contributed by atoms with Crippen LogP contribution in [0.3, 0.4) is 0 Å². The Bertz CT molecular complexity index is 1120. The summed E-state index contributed by atoms with van der Waals surface area (Å²) in [7, 11) is 0. The van der Waals surface area contributed by atoms with E-state index in [2.05, 4.69) is 39.9 Å². The standard InChI is InChI=1S/C36H58INO6/c1-23(2)12-9-13-24(3)14-10-15-25(4)16-11-20-36(8)21-19-29-28(7)33(26(5)27(6)34(29)44-36)43-22-32(40)38-30(35(41)42)17-18-31(37)39/h23-25,30H,9-22H2,1-8H3,(H,38,40)(H,41,42)/t24-,25-,30+,36-/m1/s1. The molecule has 8 heteroatoms. The number of halogens is 1. The first-order chi connectivity index (χ1) is 20.6. The summed E-state index contributed by atoms with van der Waals surface area (Å²) in [6, 6.07) is -1.13. The van der Waals surface area contributed by atoms with Gasteiger partial charge in [-0.05, 0) is 117 Å². The molecule has 1 aliphatic heterocycles. The number of carboxylic acid groups (broad SMARTS) is 1. The van der Waals surface area contributed by atoms with Crippen LogP contribution in [0.2, 0.25) is 0 Å². The van der Waals surface area contributed by atoms with Crippen molar-refractivity contribution in [3.05, 3.63) is 22.3 Å². The van der Waals surface area contributed by atoms with Crippen molar-refractivity contribution in [3.63, 3.8) is 0 Å². The second-order valence-corrected chi connectivity index (χ2v) is 15.3. The van der Waals surface area contributed by atoms with E-state index in [1.54, 1.807) is 22.6 Å². The Morgan fingerprint density at radius 3 is 2.07 bits per heavy atom. The zero-order valence-corrected chi connectivity index (χ0v) is 30.7. The van der Waals surface area contributed by atoms with E-state index in [0.717, 1.165) is 71.4 Å². The second-order valence-electron chi connectivity index (χ2n) is 14.1. The number of hydrogen-bond acceptors (Lipinski definition) is 5. The van der Waals surface area contributed by atoms with Crippen molar-refractivity contribution in [1.29, 1.82) is 0 Å².